The minimum Gasteiger partial charge on any atom is -0.377 e. The van der Waals surface area contributed by atoms with E-state index in [0.717, 1.165) is 18.6 Å². The Morgan fingerprint density at radius 1 is 0.731 bits per heavy atom. The van der Waals surface area contributed by atoms with Gasteiger partial charge in [-0.2, -0.15) is 0 Å². The molecule has 3 rings (SSSR count). The molecule has 0 spiro atoms. The number of hydrogen-bond acceptors (Lipinski definition) is 1. The van der Waals surface area contributed by atoms with Crippen molar-refractivity contribution in [3.05, 3.63) is 90.5 Å². The Balaban J connectivity index is 1.66. The highest BCUT2D eigenvalue weighted by Gasteiger charge is 2.01. The molecule has 1 nitrogen and oxygen atoms in total. The first kappa shape index (κ1) is 18.2. The van der Waals surface area contributed by atoms with E-state index in [1.54, 1.807) is 0 Å². The van der Waals surface area contributed by atoms with Crippen LogP contribution >= 0.6 is 0 Å². The van der Waals surface area contributed by atoms with Gasteiger partial charge < -0.3 is 4.74 Å². The van der Waals surface area contributed by atoms with Crippen molar-refractivity contribution in [3.8, 4) is 22.3 Å². The van der Waals surface area contributed by atoms with Crippen molar-refractivity contribution in [2.45, 2.75) is 26.4 Å². The van der Waals surface area contributed by atoms with Crippen molar-refractivity contribution >= 4 is 6.08 Å². The van der Waals surface area contributed by atoms with Crippen LogP contribution in [0.2, 0.25) is 0 Å². The third-order valence-corrected chi connectivity index (χ3v) is 4.56. The molecule has 0 saturated carbocycles. The second-order valence-electron chi connectivity index (χ2n) is 6.51. The zero-order valence-corrected chi connectivity index (χ0v) is 15.4. The lowest BCUT2D eigenvalue weighted by molar-refractivity contribution is 0.118. The number of unbranched alkanes of at least 4 members (excludes halogenated alkanes) is 1. The first-order valence-corrected chi connectivity index (χ1v) is 9.30. The summed E-state index contributed by atoms with van der Waals surface area (Å²) in [7, 11) is 0. The Kier molecular flexibility index (Phi) is 6.40. The van der Waals surface area contributed by atoms with Crippen molar-refractivity contribution in [3.63, 3.8) is 0 Å². The van der Waals surface area contributed by atoms with Crippen LogP contribution in [0.4, 0.5) is 0 Å². The van der Waals surface area contributed by atoms with Crippen molar-refractivity contribution in [2.24, 2.45) is 0 Å². The van der Waals surface area contributed by atoms with Gasteiger partial charge in [-0.05, 0) is 39.8 Å². The van der Waals surface area contributed by atoms with Crippen molar-refractivity contribution in [1.82, 2.24) is 0 Å². The van der Waals surface area contributed by atoms with E-state index in [9.17, 15) is 0 Å². The maximum absolute atomic E-state index is 5.68. The fourth-order valence-electron chi connectivity index (χ4n) is 2.90. The van der Waals surface area contributed by atoms with Crippen molar-refractivity contribution < 1.29 is 4.74 Å². The lowest BCUT2D eigenvalue weighted by Gasteiger charge is -2.07. The zero-order valence-electron chi connectivity index (χ0n) is 15.4. The van der Waals surface area contributed by atoms with E-state index >= 15 is 0 Å². The summed E-state index contributed by atoms with van der Waals surface area (Å²) in [5, 5.41) is 0. The predicted octanol–water partition coefficient (Wildman–Crippen LogP) is 6.98. The number of hydrogen-bond donors (Lipinski definition) is 0. The molecule has 0 aliphatic heterocycles. The molecule has 0 aromatic heterocycles. The molecule has 0 amide bonds. The molecule has 0 heterocycles. The molecule has 0 N–H and O–H groups in total. The average Bonchev–Trinajstić information content (AvgIpc) is 2.72. The van der Waals surface area contributed by atoms with E-state index in [1.807, 2.05) is 6.08 Å². The van der Waals surface area contributed by atoms with Gasteiger partial charge in [-0.25, -0.2) is 0 Å². The molecule has 132 valence electrons. The average molecular weight is 342 g/mol. The van der Waals surface area contributed by atoms with Gasteiger partial charge in [0.25, 0.3) is 0 Å². The van der Waals surface area contributed by atoms with Crippen LogP contribution in [0.5, 0.6) is 0 Å². The molecule has 0 atom stereocenters. The predicted molar refractivity (Wildman–Crippen MR) is 112 cm³/mol. The third-order valence-electron chi connectivity index (χ3n) is 4.56. The zero-order chi connectivity index (χ0) is 18.2. The highest BCUT2D eigenvalue weighted by atomic mass is 16.5. The molecule has 0 unspecified atom stereocenters. The minimum absolute atomic E-state index is 0.694. The molecule has 3 aromatic carbocycles. The van der Waals surface area contributed by atoms with E-state index in [1.165, 1.54) is 34.2 Å². The van der Waals surface area contributed by atoms with Gasteiger partial charge in [0.05, 0.1) is 6.61 Å². The van der Waals surface area contributed by atoms with Crippen molar-refractivity contribution in [2.75, 3.05) is 6.61 Å². The molecular weight excluding hydrogens is 316 g/mol. The van der Waals surface area contributed by atoms with E-state index in [4.69, 9.17) is 4.74 Å². The Morgan fingerprint density at radius 2 is 1.19 bits per heavy atom. The SMILES string of the molecule is C=Cc1ccc(-c2ccc(-c3ccc(COCCCC)cc3)cc2)cc1. The summed E-state index contributed by atoms with van der Waals surface area (Å²) in [5.41, 5.74) is 7.28. The van der Waals surface area contributed by atoms with Gasteiger partial charge in [0, 0.05) is 6.61 Å². The van der Waals surface area contributed by atoms with Crippen LogP contribution in [0.15, 0.2) is 79.4 Å². The van der Waals surface area contributed by atoms with Crippen LogP contribution in [0, 0.1) is 0 Å². The standard InChI is InChI=1S/C25H26O/c1-3-5-18-26-19-21-8-12-23(13-9-21)25-16-14-24(15-17-25)22-10-6-20(4-2)7-11-22/h4,6-17H,2-3,5,18-19H2,1H3. The number of rotatable bonds is 8. The molecule has 0 bridgehead atoms. The topological polar surface area (TPSA) is 9.23 Å². The molecule has 1 heteroatoms. The van der Waals surface area contributed by atoms with Gasteiger partial charge in [0.1, 0.15) is 0 Å². The fraction of sp³-hybridized carbons (Fsp3) is 0.200. The molecule has 0 radical (unpaired) electrons. The summed E-state index contributed by atoms with van der Waals surface area (Å²) in [5.74, 6) is 0. The van der Waals surface area contributed by atoms with Crippen LogP contribution in [-0.2, 0) is 11.3 Å². The highest BCUT2D eigenvalue weighted by molar-refractivity contribution is 5.71. The van der Waals surface area contributed by atoms with Gasteiger partial charge in [-0.3, -0.25) is 0 Å². The Bertz CT molecular complexity index is 812. The van der Waals surface area contributed by atoms with E-state index in [0.29, 0.717) is 6.61 Å². The summed E-state index contributed by atoms with van der Waals surface area (Å²) < 4.78 is 5.68. The first-order valence-electron chi connectivity index (χ1n) is 9.30. The highest BCUT2D eigenvalue weighted by Crippen LogP contribution is 2.25. The van der Waals surface area contributed by atoms with E-state index < -0.39 is 0 Å². The molecular formula is C25H26O. The Labute approximate surface area is 157 Å². The summed E-state index contributed by atoms with van der Waals surface area (Å²) in [6.45, 7) is 7.52. The maximum Gasteiger partial charge on any atom is 0.0716 e. The molecule has 0 aliphatic rings. The quantitative estimate of drug-likeness (QED) is 0.401. The summed E-state index contributed by atoms with van der Waals surface area (Å²) >= 11 is 0. The molecule has 3 aromatic rings. The summed E-state index contributed by atoms with van der Waals surface area (Å²) in [6, 6.07) is 25.9. The van der Waals surface area contributed by atoms with E-state index in [2.05, 4.69) is 86.3 Å². The number of ether oxygens (including phenoxy) is 1. The van der Waals surface area contributed by atoms with Gasteiger partial charge in [-0.1, -0.05) is 98.8 Å². The minimum atomic E-state index is 0.694. The molecule has 26 heavy (non-hydrogen) atoms. The smallest absolute Gasteiger partial charge is 0.0716 e. The van der Waals surface area contributed by atoms with Crippen LogP contribution in [-0.4, -0.2) is 6.61 Å². The molecule has 0 aliphatic carbocycles. The Morgan fingerprint density at radius 3 is 1.65 bits per heavy atom. The maximum atomic E-state index is 5.68. The van der Waals surface area contributed by atoms with Gasteiger partial charge in [0.15, 0.2) is 0 Å². The van der Waals surface area contributed by atoms with Gasteiger partial charge in [0.2, 0.25) is 0 Å². The molecule has 0 saturated heterocycles. The monoisotopic (exact) mass is 342 g/mol. The van der Waals surface area contributed by atoms with Gasteiger partial charge in [-0.15, -0.1) is 0 Å². The van der Waals surface area contributed by atoms with E-state index in [-0.39, 0.29) is 0 Å². The first-order chi connectivity index (χ1) is 12.8. The van der Waals surface area contributed by atoms with Crippen LogP contribution in [0.25, 0.3) is 28.3 Å². The fourth-order valence-corrected chi connectivity index (χ4v) is 2.90. The normalized spacial score (nSPS) is 10.7. The van der Waals surface area contributed by atoms with Crippen LogP contribution in [0.1, 0.15) is 30.9 Å². The second-order valence-corrected chi connectivity index (χ2v) is 6.51. The Hall–Kier alpha value is -2.64. The third kappa shape index (κ3) is 4.71. The molecule has 0 fully saturated rings. The number of benzene rings is 3. The lowest BCUT2D eigenvalue weighted by atomic mass is 9.99. The second kappa shape index (κ2) is 9.17. The van der Waals surface area contributed by atoms with Crippen LogP contribution < -0.4 is 0 Å². The largest absolute Gasteiger partial charge is 0.377 e. The van der Waals surface area contributed by atoms with Crippen LogP contribution in [0.3, 0.4) is 0 Å². The summed E-state index contributed by atoms with van der Waals surface area (Å²) in [6.07, 6.45) is 4.17. The van der Waals surface area contributed by atoms with Gasteiger partial charge >= 0.3 is 0 Å². The van der Waals surface area contributed by atoms with Crippen molar-refractivity contribution in [1.29, 1.82) is 0 Å². The lowest BCUT2D eigenvalue weighted by Crippen LogP contribution is -1.94. The summed E-state index contributed by atoms with van der Waals surface area (Å²) in [4.78, 5) is 0.